The van der Waals surface area contributed by atoms with E-state index in [-0.39, 0.29) is 17.5 Å². The Morgan fingerprint density at radius 1 is 0.933 bits per heavy atom. The zero-order chi connectivity index (χ0) is 21.5. The molecule has 2 amide bonds. The average Bonchev–Trinajstić information content (AvgIpc) is 2.97. The number of nitrogens with one attached hydrogen (secondary N) is 1. The van der Waals surface area contributed by atoms with Crippen LogP contribution in [0.3, 0.4) is 0 Å². The van der Waals surface area contributed by atoms with Crippen LogP contribution in [0.25, 0.3) is 5.57 Å². The fourth-order valence-electron chi connectivity index (χ4n) is 3.34. The van der Waals surface area contributed by atoms with Crippen LogP contribution in [0, 0.1) is 6.92 Å². The van der Waals surface area contributed by atoms with Crippen molar-refractivity contribution in [1.29, 1.82) is 0 Å². The van der Waals surface area contributed by atoms with Gasteiger partial charge in [-0.05, 0) is 44.9 Å². The lowest BCUT2D eigenvalue weighted by atomic mass is 10.0. The molecule has 2 aromatic carbocycles. The van der Waals surface area contributed by atoms with Crippen LogP contribution in [0.5, 0.6) is 5.75 Å². The highest BCUT2D eigenvalue weighted by Gasteiger charge is 2.39. The second-order valence-corrected chi connectivity index (χ2v) is 6.98. The maximum absolute atomic E-state index is 13.2. The second-order valence-electron chi connectivity index (χ2n) is 6.98. The van der Waals surface area contributed by atoms with Gasteiger partial charge in [-0.15, -0.1) is 0 Å². The molecular weight excluding hydrogens is 380 g/mol. The topological polar surface area (TPSA) is 67.9 Å². The Bertz CT molecular complexity index is 934. The van der Waals surface area contributed by atoms with E-state index in [0.29, 0.717) is 55.4 Å². The minimum atomic E-state index is -0.335. The molecule has 0 radical (unpaired) electrons. The van der Waals surface area contributed by atoms with Crippen molar-refractivity contribution in [2.24, 2.45) is 0 Å². The Balaban J connectivity index is 1.96. The third kappa shape index (κ3) is 4.71. The summed E-state index contributed by atoms with van der Waals surface area (Å²) in [5, 5.41) is 3.18. The van der Waals surface area contributed by atoms with Crippen molar-refractivity contribution in [3.8, 4) is 5.75 Å². The van der Waals surface area contributed by atoms with E-state index in [1.807, 2.05) is 69.3 Å². The standard InChI is InChI=1S/C24H28N2O4/c1-4-29-16-8-15-26-23(27)21(18-13-11-17(3)12-14-18)22(24(26)28)25-19-9-6-7-10-20(19)30-5-2/h6-7,9-14,25H,4-5,8,15-16H2,1-3H3. The Labute approximate surface area is 177 Å². The highest BCUT2D eigenvalue weighted by atomic mass is 16.5. The van der Waals surface area contributed by atoms with Gasteiger partial charge >= 0.3 is 0 Å². The predicted octanol–water partition coefficient (Wildman–Crippen LogP) is 4.01. The number of amides is 2. The molecule has 2 aromatic rings. The smallest absolute Gasteiger partial charge is 0.278 e. The van der Waals surface area contributed by atoms with Crippen LogP contribution in [0.2, 0.25) is 0 Å². The summed E-state index contributed by atoms with van der Waals surface area (Å²) in [6, 6.07) is 15.0. The zero-order valence-electron chi connectivity index (χ0n) is 17.7. The van der Waals surface area contributed by atoms with Crippen LogP contribution in [-0.4, -0.2) is 43.1 Å². The Kier molecular flexibility index (Phi) is 7.25. The van der Waals surface area contributed by atoms with Crippen LogP contribution in [0.4, 0.5) is 5.69 Å². The number of ether oxygens (including phenoxy) is 2. The van der Waals surface area contributed by atoms with Gasteiger partial charge in [0.15, 0.2) is 0 Å². The van der Waals surface area contributed by atoms with Gasteiger partial charge in [0.05, 0.1) is 17.9 Å². The monoisotopic (exact) mass is 408 g/mol. The van der Waals surface area contributed by atoms with Gasteiger partial charge in [0, 0.05) is 19.8 Å². The molecule has 1 aliphatic heterocycles. The molecule has 1 heterocycles. The van der Waals surface area contributed by atoms with Crippen molar-refractivity contribution >= 4 is 23.1 Å². The molecule has 0 spiro atoms. The number of nitrogens with zero attached hydrogens (tertiary/aromatic N) is 1. The maximum atomic E-state index is 13.2. The minimum Gasteiger partial charge on any atom is -0.492 e. The number of rotatable bonds is 10. The van der Waals surface area contributed by atoms with Gasteiger partial charge in [-0.2, -0.15) is 0 Å². The van der Waals surface area contributed by atoms with E-state index in [9.17, 15) is 9.59 Å². The van der Waals surface area contributed by atoms with Crippen molar-refractivity contribution in [2.45, 2.75) is 27.2 Å². The van der Waals surface area contributed by atoms with E-state index in [1.54, 1.807) is 0 Å². The molecule has 0 unspecified atom stereocenters. The lowest BCUT2D eigenvalue weighted by Gasteiger charge is -2.16. The number of carbonyl (C=O) groups is 2. The maximum Gasteiger partial charge on any atom is 0.278 e. The van der Waals surface area contributed by atoms with Gasteiger partial charge in [0.25, 0.3) is 11.8 Å². The lowest BCUT2D eigenvalue weighted by molar-refractivity contribution is -0.137. The van der Waals surface area contributed by atoms with Crippen molar-refractivity contribution in [2.75, 3.05) is 31.7 Å². The number of aryl methyl sites for hydroxylation is 1. The molecule has 0 atom stereocenters. The molecule has 158 valence electrons. The van der Waals surface area contributed by atoms with Gasteiger partial charge in [-0.1, -0.05) is 42.0 Å². The van der Waals surface area contributed by atoms with Gasteiger partial charge < -0.3 is 14.8 Å². The van der Waals surface area contributed by atoms with E-state index in [0.717, 1.165) is 5.56 Å². The Hall–Kier alpha value is -3.12. The van der Waals surface area contributed by atoms with E-state index in [1.165, 1.54) is 4.90 Å². The first-order valence-electron chi connectivity index (χ1n) is 10.3. The molecule has 0 aromatic heterocycles. The lowest BCUT2D eigenvalue weighted by Crippen LogP contribution is -2.34. The van der Waals surface area contributed by atoms with Crippen molar-refractivity contribution in [3.05, 3.63) is 65.4 Å². The van der Waals surface area contributed by atoms with E-state index in [2.05, 4.69) is 5.32 Å². The average molecular weight is 408 g/mol. The first-order valence-corrected chi connectivity index (χ1v) is 10.3. The predicted molar refractivity (Wildman–Crippen MR) is 117 cm³/mol. The molecule has 0 aliphatic carbocycles. The summed E-state index contributed by atoms with van der Waals surface area (Å²) < 4.78 is 11.0. The highest BCUT2D eigenvalue weighted by molar-refractivity contribution is 6.36. The zero-order valence-corrected chi connectivity index (χ0v) is 17.7. The Morgan fingerprint density at radius 3 is 2.37 bits per heavy atom. The molecule has 0 bridgehead atoms. The summed E-state index contributed by atoms with van der Waals surface area (Å²) >= 11 is 0. The Morgan fingerprint density at radius 2 is 1.67 bits per heavy atom. The third-order valence-electron chi connectivity index (χ3n) is 4.83. The van der Waals surface area contributed by atoms with Crippen LogP contribution in [-0.2, 0) is 14.3 Å². The fraction of sp³-hybridized carbons (Fsp3) is 0.333. The van der Waals surface area contributed by atoms with E-state index in [4.69, 9.17) is 9.47 Å². The number of hydrogen-bond acceptors (Lipinski definition) is 5. The largest absolute Gasteiger partial charge is 0.492 e. The first-order chi connectivity index (χ1) is 14.6. The molecule has 3 rings (SSSR count). The van der Waals surface area contributed by atoms with Crippen LogP contribution < -0.4 is 10.1 Å². The molecule has 6 heteroatoms. The van der Waals surface area contributed by atoms with Crippen LogP contribution in [0.15, 0.2) is 54.2 Å². The van der Waals surface area contributed by atoms with Crippen molar-refractivity contribution in [3.63, 3.8) is 0 Å². The summed E-state index contributed by atoms with van der Waals surface area (Å²) in [6.07, 6.45) is 0.593. The number of hydrogen-bond donors (Lipinski definition) is 1. The molecule has 30 heavy (non-hydrogen) atoms. The normalized spacial score (nSPS) is 13.9. The minimum absolute atomic E-state index is 0.271. The van der Waals surface area contributed by atoms with Crippen LogP contribution in [0.1, 0.15) is 31.4 Å². The van der Waals surface area contributed by atoms with Crippen LogP contribution >= 0.6 is 0 Å². The van der Waals surface area contributed by atoms with Gasteiger partial charge in [0.2, 0.25) is 0 Å². The van der Waals surface area contributed by atoms with E-state index < -0.39 is 0 Å². The highest BCUT2D eigenvalue weighted by Crippen LogP contribution is 2.33. The number of anilines is 1. The molecule has 0 saturated carbocycles. The second kappa shape index (κ2) is 10.1. The summed E-state index contributed by atoms with van der Waals surface area (Å²) in [5.74, 6) is 0.000850. The van der Waals surface area contributed by atoms with Gasteiger partial charge in [-0.3, -0.25) is 14.5 Å². The summed E-state index contributed by atoms with van der Waals surface area (Å²) in [5.41, 5.74) is 3.09. The third-order valence-corrected chi connectivity index (χ3v) is 4.83. The van der Waals surface area contributed by atoms with Crippen molar-refractivity contribution < 1.29 is 19.1 Å². The SMILES string of the molecule is CCOCCCN1C(=O)C(Nc2ccccc2OCC)=C(c2ccc(C)cc2)C1=O. The fourth-order valence-corrected chi connectivity index (χ4v) is 3.34. The summed E-state index contributed by atoms with van der Waals surface area (Å²) in [4.78, 5) is 27.7. The molecule has 1 aliphatic rings. The first kappa shape index (κ1) is 21.6. The molecule has 0 saturated heterocycles. The van der Waals surface area contributed by atoms with E-state index >= 15 is 0 Å². The number of para-hydroxylation sites is 2. The summed E-state index contributed by atoms with van der Waals surface area (Å²) in [6.45, 7) is 7.72. The molecule has 1 N–H and O–H groups in total. The number of carbonyl (C=O) groups excluding carboxylic acids is 2. The van der Waals surface area contributed by atoms with Gasteiger partial charge in [0.1, 0.15) is 11.4 Å². The summed E-state index contributed by atoms with van der Waals surface area (Å²) in [7, 11) is 0. The quantitative estimate of drug-likeness (QED) is 0.475. The van der Waals surface area contributed by atoms with Gasteiger partial charge in [-0.25, -0.2) is 0 Å². The molecule has 0 fully saturated rings. The molecule has 6 nitrogen and oxygen atoms in total. The molecular formula is C24H28N2O4. The van der Waals surface area contributed by atoms with Crippen molar-refractivity contribution in [1.82, 2.24) is 4.90 Å². The number of imide groups is 1. The number of benzene rings is 2.